The Hall–Kier alpha value is -4.41. The van der Waals surface area contributed by atoms with Gasteiger partial charge in [-0.3, -0.25) is 14.2 Å². The molecule has 0 aliphatic carbocycles. The molecule has 4 rings (SSSR count). The molecule has 0 aliphatic heterocycles. The summed E-state index contributed by atoms with van der Waals surface area (Å²) in [4.78, 5) is 27.0. The molecule has 1 heterocycles. The number of nitrogens with zero attached hydrogens (tertiary/aromatic N) is 2. The number of carbonyl (C=O) groups is 1. The highest BCUT2D eigenvalue weighted by molar-refractivity contribution is 7.07. The number of amides is 1. The number of thiazole rings is 1. The zero-order chi connectivity index (χ0) is 25.5. The minimum absolute atomic E-state index is 0.151. The van der Waals surface area contributed by atoms with Gasteiger partial charge in [0.25, 0.3) is 11.5 Å². The number of nitrogens with one attached hydrogen (secondary N) is 1. The summed E-state index contributed by atoms with van der Waals surface area (Å²) >= 11 is 1.12. The Kier molecular flexibility index (Phi) is 7.79. The Morgan fingerprint density at radius 1 is 1.03 bits per heavy atom. The Labute approximate surface area is 213 Å². The fourth-order valence-corrected chi connectivity index (χ4v) is 4.92. The number of carbonyl (C=O) groups excluding carboxylic acids is 1. The second kappa shape index (κ2) is 11.3. The predicted molar refractivity (Wildman–Crippen MR) is 144 cm³/mol. The van der Waals surface area contributed by atoms with E-state index < -0.39 is 5.91 Å². The minimum Gasteiger partial charge on any atom is -0.492 e. The first kappa shape index (κ1) is 24.7. The van der Waals surface area contributed by atoms with Crippen LogP contribution in [0.25, 0.3) is 17.3 Å². The lowest BCUT2D eigenvalue weighted by Gasteiger charge is -2.11. The molecule has 0 saturated heterocycles. The molecule has 0 radical (unpaired) electrons. The van der Waals surface area contributed by atoms with Crippen LogP contribution in [-0.4, -0.2) is 17.1 Å². The van der Waals surface area contributed by atoms with Crippen molar-refractivity contribution in [1.82, 2.24) is 4.57 Å². The van der Waals surface area contributed by atoms with Gasteiger partial charge in [0.05, 0.1) is 22.5 Å². The summed E-state index contributed by atoms with van der Waals surface area (Å²) in [6.07, 6.45) is 2.46. The highest BCUT2D eigenvalue weighted by atomic mass is 32.1. The zero-order valence-corrected chi connectivity index (χ0v) is 20.8. The first-order valence-corrected chi connectivity index (χ1v) is 12.4. The second-order valence-electron chi connectivity index (χ2n) is 7.82. The number of ether oxygens (including phenoxy) is 1. The van der Waals surface area contributed by atoms with Gasteiger partial charge in [0.15, 0.2) is 5.57 Å². The van der Waals surface area contributed by atoms with Gasteiger partial charge in [-0.2, -0.15) is 5.26 Å². The van der Waals surface area contributed by atoms with Crippen LogP contribution in [0, 0.1) is 11.3 Å². The van der Waals surface area contributed by atoms with Crippen LogP contribution >= 0.6 is 11.3 Å². The summed E-state index contributed by atoms with van der Waals surface area (Å²) in [5, 5.41) is 12.9. The number of nitriles is 1. The van der Waals surface area contributed by atoms with Crippen LogP contribution in [0.1, 0.15) is 25.0 Å². The van der Waals surface area contributed by atoms with Crippen molar-refractivity contribution in [3.63, 3.8) is 0 Å². The van der Waals surface area contributed by atoms with E-state index in [-0.39, 0.29) is 15.8 Å². The Balaban J connectivity index is 1.97. The first-order valence-electron chi connectivity index (χ1n) is 11.6. The van der Waals surface area contributed by atoms with Gasteiger partial charge in [-0.05, 0) is 48.7 Å². The molecule has 1 N–H and O–H groups in total. The summed E-state index contributed by atoms with van der Waals surface area (Å²) in [5.41, 5.74) is 2.46. The van der Waals surface area contributed by atoms with Crippen molar-refractivity contribution in [3.8, 4) is 17.5 Å². The first-order chi connectivity index (χ1) is 17.6. The number of anilines is 1. The fourth-order valence-electron chi connectivity index (χ4n) is 3.83. The SMILES string of the molecule is CCOc1ccccc1NC(=O)/C(C#N)=c1\s/c(=C\c2ccccc2)c(=O)n1-c1ccccc1CC. The van der Waals surface area contributed by atoms with Crippen molar-refractivity contribution in [2.75, 3.05) is 11.9 Å². The standard InChI is InChI=1S/C29H25N3O3S/c1-3-21-14-8-10-16-24(21)32-28(34)26(18-20-12-6-5-7-13-20)36-29(32)22(19-30)27(33)31-23-15-9-11-17-25(23)35-4-2/h5-18H,3-4H2,1-2H3,(H,31,33)/b26-18-,29-22-. The van der Waals surface area contributed by atoms with Gasteiger partial charge in [-0.1, -0.05) is 67.6 Å². The molecule has 36 heavy (non-hydrogen) atoms. The number of benzene rings is 3. The van der Waals surface area contributed by atoms with Crippen molar-refractivity contribution in [3.05, 3.63) is 110 Å². The molecule has 0 unspecified atom stereocenters. The van der Waals surface area contributed by atoms with Crippen LogP contribution < -0.4 is 24.8 Å². The van der Waals surface area contributed by atoms with Gasteiger partial charge in [0.1, 0.15) is 16.5 Å². The summed E-state index contributed by atoms with van der Waals surface area (Å²) in [6, 6.07) is 26.1. The van der Waals surface area contributed by atoms with E-state index in [1.54, 1.807) is 30.3 Å². The quantitative estimate of drug-likeness (QED) is 0.420. The predicted octanol–water partition coefficient (Wildman–Crippen LogP) is 4.00. The molecule has 3 aromatic carbocycles. The third-order valence-electron chi connectivity index (χ3n) is 5.52. The Morgan fingerprint density at radius 2 is 1.72 bits per heavy atom. The van der Waals surface area contributed by atoms with E-state index in [9.17, 15) is 14.9 Å². The average Bonchev–Trinajstić information content (AvgIpc) is 3.21. The molecule has 1 aromatic heterocycles. The van der Waals surface area contributed by atoms with Crippen molar-refractivity contribution < 1.29 is 9.53 Å². The Bertz CT molecular complexity index is 1610. The van der Waals surface area contributed by atoms with E-state index in [1.165, 1.54) is 4.57 Å². The zero-order valence-electron chi connectivity index (χ0n) is 20.0. The molecule has 0 bridgehead atoms. The topological polar surface area (TPSA) is 84.1 Å². The molecule has 4 aromatic rings. The summed E-state index contributed by atoms with van der Waals surface area (Å²) in [6.45, 7) is 4.28. The third kappa shape index (κ3) is 5.14. The molecule has 0 spiro atoms. The van der Waals surface area contributed by atoms with Gasteiger partial charge >= 0.3 is 0 Å². The van der Waals surface area contributed by atoms with Gasteiger partial charge in [0, 0.05) is 0 Å². The van der Waals surface area contributed by atoms with Gasteiger partial charge in [-0.15, -0.1) is 11.3 Å². The van der Waals surface area contributed by atoms with E-state index in [4.69, 9.17) is 4.74 Å². The van der Waals surface area contributed by atoms with E-state index in [0.29, 0.717) is 34.7 Å². The third-order valence-corrected chi connectivity index (χ3v) is 6.61. The number of aromatic nitrogens is 1. The molecule has 0 fully saturated rings. The van der Waals surface area contributed by atoms with Crippen LogP contribution in [0.3, 0.4) is 0 Å². The van der Waals surface area contributed by atoms with E-state index in [0.717, 1.165) is 22.5 Å². The summed E-state index contributed by atoms with van der Waals surface area (Å²) in [5.74, 6) is -0.108. The highest BCUT2D eigenvalue weighted by Crippen LogP contribution is 2.24. The molecule has 0 saturated carbocycles. The summed E-state index contributed by atoms with van der Waals surface area (Å²) < 4.78 is 7.79. The molecule has 0 aliphatic rings. The lowest BCUT2D eigenvalue weighted by Crippen LogP contribution is -2.33. The van der Waals surface area contributed by atoms with Crippen molar-refractivity contribution in [1.29, 1.82) is 5.26 Å². The maximum atomic E-state index is 13.7. The number of rotatable bonds is 7. The smallest absolute Gasteiger partial charge is 0.273 e. The lowest BCUT2D eigenvalue weighted by molar-refractivity contribution is -0.111. The van der Waals surface area contributed by atoms with Gasteiger partial charge < -0.3 is 10.1 Å². The molecule has 0 atom stereocenters. The van der Waals surface area contributed by atoms with Crippen molar-refractivity contribution in [2.24, 2.45) is 0 Å². The van der Waals surface area contributed by atoms with Crippen molar-refractivity contribution >= 4 is 34.6 Å². The normalized spacial score (nSPS) is 12.1. The number of para-hydroxylation sites is 3. The molecule has 6 nitrogen and oxygen atoms in total. The van der Waals surface area contributed by atoms with Gasteiger partial charge in [-0.25, -0.2) is 0 Å². The average molecular weight is 496 g/mol. The largest absolute Gasteiger partial charge is 0.492 e. The van der Waals surface area contributed by atoms with E-state index in [2.05, 4.69) is 5.32 Å². The van der Waals surface area contributed by atoms with Crippen molar-refractivity contribution in [2.45, 2.75) is 20.3 Å². The monoisotopic (exact) mass is 495 g/mol. The minimum atomic E-state index is -0.611. The molecular weight excluding hydrogens is 470 g/mol. The number of aryl methyl sites for hydroxylation is 1. The molecular formula is C29H25N3O3S. The number of hydrogen-bond donors (Lipinski definition) is 1. The molecule has 1 amide bonds. The van der Waals surface area contributed by atoms with Crippen LogP contribution in [-0.2, 0) is 11.2 Å². The van der Waals surface area contributed by atoms with Crippen LogP contribution in [0.4, 0.5) is 5.69 Å². The maximum Gasteiger partial charge on any atom is 0.273 e. The number of hydrogen-bond acceptors (Lipinski definition) is 5. The maximum absolute atomic E-state index is 13.7. The van der Waals surface area contributed by atoms with E-state index in [1.807, 2.05) is 74.5 Å². The van der Waals surface area contributed by atoms with Crippen LogP contribution in [0.5, 0.6) is 5.75 Å². The highest BCUT2D eigenvalue weighted by Gasteiger charge is 2.19. The lowest BCUT2D eigenvalue weighted by atomic mass is 10.1. The molecule has 7 heteroatoms. The fraction of sp³-hybridized carbons (Fsp3) is 0.138. The van der Waals surface area contributed by atoms with Gasteiger partial charge in [0.2, 0.25) is 0 Å². The van der Waals surface area contributed by atoms with E-state index >= 15 is 0 Å². The molecule has 180 valence electrons. The van der Waals surface area contributed by atoms with Crippen LogP contribution in [0.15, 0.2) is 83.7 Å². The Morgan fingerprint density at radius 3 is 2.44 bits per heavy atom. The van der Waals surface area contributed by atoms with Crippen LogP contribution in [0.2, 0.25) is 0 Å². The second-order valence-corrected chi connectivity index (χ2v) is 8.85. The summed E-state index contributed by atoms with van der Waals surface area (Å²) in [7, 11) is 0.